The molecule has 2 heterocycles. The minimum atomic E-state index is -4.07. The van der Waals surface area contributed by atoms with Gasteiger partial charge in [-0.25, -0.2) is 30.7 Å². The van der Waals surface area contributed by atoms with Crippen LogP contribution in [0.15, 0.2) is 42.5 Å². The van der Waals surface area contributed by atoms with Crippen molar-refractivity contribution in [2.24, 2.45) is 5.41 Å². The van der Waals surface area contributed by atoms with Gasteiger partial charge in [-0.15, -0.1) is 0 Å². The molecule has 0 radical (unpaired) electrons. The summed E-state index contributed by atoms with van der Waals surface area (Å²) in [5, 5.41) is 0. The van der Waals surface area contributed by atoms with Gasteiger partial charge in [0.1, 0.15) is 24.1 Å². The van der Waals surface area contributed by atoms with Gasteiger partial charge in [-0.3, -0.25) is 4.79 Å². The molecule has 2 fully saturated rings. The number of nitrogens with one attached hydrogen (secondary N) is 1. The second-order valence-electron chi connectivity index (χ2n) is 9.48. The lowest BCUT2D eigenvalue weighted by molar-refractivity contribution is -0.158. The van der Waals surface area contributed by atoms with Gasteiger partial charge in [0.05, 0.1) is 24.9 Å². The molecule has 3 unspecified atom stereocenters. The van der Waals surface area contributed by atoms with Crippen LogP contribution in [0.1, 0.15) is 32.3 Å². The smallest absolute Gasteiger partial charge is 0.283 e. The molecule has 11 heteroatoms. The van der Waals surface area contributed by atoms with Crippen molar-refractivity contribution in [3.05, 3.63) is 53.9 Å². The minimum absolute atomic E-state index is 0.0451. The van der Waals surface area contributed by atoms with E-state index in [1.54, 1.807) is 6.07 Å². The highest BCUT2D eigenvalue weighted by molar-refractivity contribution is 7.89. The second-order valence-corrected chi connectivity index (χ2v) is 11.5. The number of hydrogen-bond acceptors (Lipinski definition) is 4. The van der Waals surface area contributed by atoms with Crippen LogP contribution in [0.25, 0.3) is 5.57 Å². The molecule has 2 saturated heterocycles. The van der Waals surface area contributed by atoms with E-state index in [1.807, 2.05) is 4.72 Å². The van der Waals surface area contributed by atoms with Crippen LogP contribution < -0.4 is 4.72 Å². The summed E-state index contributed by atoms with van der Waals surface area (Å²) in [6.45, 7) is 2.11. The lowest BCUT2D eigenvalue weighted by atomic mass is 9.71. The van der Waals surface area contributed by atoms with E-state index in [4.69, 9.17) is 4.74 Å². The van der Waals surface area contributed by atoms with Crippen LogP contribution in [0, 0.1) is 11.2 Å². The Morgan fingerprint density at radius 3 is 2.57 bits per heavy atom. The molecule has 5 atom stereocenters. The van der Waals surface area contributed by atoms with Gasteiger partial charge in [-0.2, -0.15) is 0 Å². The molecule has 3 aliphatic rings. The summed E-state index contributed by atoms with van der Waals surface area (Å²) < 4.78 is 92.5. The number of hydrogen-bond donors (Lipinski definition) is 1. The Labute approximate surface area is 202 Å². The number of sulfonamides is 1. The van der Waals surface area contributed by atoms with E-state index in [0.717, 1.165) is 4.90 Å². The molecule has 1 amide bonds. The Hall–Kier alpha value is -2.24. The van der Waals surface area contributed by atoms with Crippen molar-refractivity contribution in [3.8, 4) is 0 Å². The van der Waals surface area contributed by atoms with Gasteiger partial charge in [0.15, 0.2) is 0 Å². The van der Waals surface area contributed by atoms with Crippen molar-refractivity contribution in [2.75, 3.05) is 18.9 Å². The number of amides is 1. The van der Waals surface area contributed by atoms with Gasteiger partial charge < -0.3 is 9.64 Å². The van der Waals surface area contributed by atoms with Crippen molar-refractivity contribution in [2.45, 2.75) is 57.0 Å². The normalized spacial score (nSPS) is 32.3. The number of ether oxygens (including phenoxy) is 1. The number of alkyl halides is 3. The summed E-state index contributed by atoms with van der Waals surface area (Å²) in [4.78, 5) is 13.9. The van der Waals surface area contributed by atoms with E-state index in [1.165, 1.54) is 50.3 Å². The molecule has 4 rings (SSSR count). The lowest BCUT2D eigenvalue weighted by Gasteiger charge is -2.40. The first-order valence-electron chi connectivity index (χ1n) is 11.5. The SMILES string of the molecule is CCS(=O)(=O)N[C@@H]1[C@H](CC2(C)C=CC=C(c3ccccc3F)C2F)N(C(=O)C2CCO2)CC1(F)F. The van der Waals surface area contributed by atoms with Gasteiger partial charge in [-0.1, -0.05) is 43.4 Å². The molecule has 192 valence electrons. The number of halogens is 4. The first-order valence-corrected chi connectivity index (χ1v) is 13.1. The highest BCUT2D eigenvalue weighted by atomic mass is 32.2. The van der Waals surface area contributed by atoms with Gasteiger partial charge >= 0.3 is 0 Å². The van der Waals surface area contributed by atoms with Crippen LogP contribution in [-0.2, 0) is 19.6 Å². The zero-order chi connectivity index (χ0) is 25.6. The van der Waals surface area contributed by atoms with Gasteiger partial charge in [0, 0.05) is 17.4 Å². The number of rotatable bonds is 7. The van der Waals surface area contributed by atoms with Crippen molar-refractivity contribution >= 4 is 21.5 Å². The highest BCUT2D eigenvalue weighted by Crippen LogP contribution is 2.46. The van der Waals surface area contributed by atoms with E-state index in [0.29, 0.717) is 13.0 Å². The molecule has 1 aliphatic carbocycles. The molecular formula is C24H28F4N2O4S. The molecule has 35 heavy (non-hydrogen) atoms. The predicted octanol–water partition coefficient (Wildman–Crippen LogP) is 3.46. The zero-order valence-electron chi connectivity index (χ0n) is 19.4. The molecule has 1 aromatic rings. The Bertz CT molecular complexity index is 1150. The van der Waals surface area contributed by atoms with Crippen molar-refractivity contribution in [1.82, 2.24) is 9.62 Å². The third-order valence-electron chi connectivity index (χ3n) is 7.00. The fraction of sp³-hybridized carbons (Fsp3) is 0.542. The van der Waals surface area contributed by atoms with Crippen LogP contribution in [0.2, 0.25) is 0 Å². The van der Waals surface area contributed by atoms with Crippen molar-refractivity contribution < 1.29 is 35.5 Å². The fourth-order valence-corrected chi connectivity index (χ4v) is 5.75. The fourth-order valence-electron chi connectivity index (χ4n) is 4.87. The average molecular weight is 517 g/mol. The van der Waals surface area contributed by atoms with Crippen molar-refractivity contribution in [3.63, 3.8) is 0 Å². The standard InChI is InChI=1S/C24H28F4N2O4S/c1-3-35(32,33)29-21-18(30(14-24(21,27)28)22(31)19-10-12-34-19)13-23(2)11-6-8-16(20(23)26)15-7-4-5-9-17(15)25/h4-9,11,18-21,29H,3,10,12-14H2,1-2H3/t18-,19?,20?,21+,23?/m0/s1. The van der Waals surface area contributed by atoms with Crippen LogP contribution >= 0.6 is 0 Å². The third-order valence-corrected chi connectivity index (χ3v) is 8.38. The van der Waals surface area contributed by atoms with Crippen LogP contribution in [-0.4, -0.2) is 68.4 Å². The number of allylic oxidation sites excluding steroid dienone is 4. The topological polar surface area (TPSA) is 75.7 Å². The molecule has 0 spiro atoms. The van der Waals surface area contributed by atoms with Crippen LogP contribution in [0.3, 0.4) is 0 Å². The summed E-state index contributed by atoms with van der Waals surface area (Å²) in [6, 6.07) is 2.37. The lowest BCUT2D eigenvalue weighted by Crippen LogP contribution is -2.55. The van der Waals surface area contributed by atoms with Gasteiger partial charge in [-0.05, 0) is 25.0 Å². The quantitative estimate of drug-likeness (QED) is 0.564. The summed E-state index contributed by atoms with van der Waals surface area (Å²) in [5.41, 5.74) is -1.33. The van der Waals surface area contributed by atoms with E-state index in [2.05, 4.69) is 0 Å². The number of nitrogens with zero attached hydrogens (tertiary/aromatic N) is 1. The average Bonchev–Trinajstić information content (AvgIpc) is 2.99. The molecule has 6 nitrogen and oxygen atoms in total. The molecule has 1 aromatic carbocycles. The molecule has 1 N–H and O–H groups in total. The number of carbonyl (C=O) groups is 1. The van der Waals surface area contributed by atoms with E-state index >= 15 is 13.2 Å². The molecule has 0 bridgehead atoms. The Morgan fingerprint density at radius 2 is 1.97 bits per heavy atom. The third kappa shape index (κ3) is 4.90. The molecule has 0 saturated carbocycles. The maximum absolute atomic E-state index is 16.0. The van der Waals surface area contributed by atoms with E-state index < -0.39 is 69.7 Å². The zero-order valence-corrected chi connectivity index (χ0v) is 20.2. The summed E-state index contributed by atoms with van der Waals surface area (Å²) in [7, 11) is -4.07. The predicted molar refractivity (Wildman–Crippen MR) is 122 cm³/mol. The maximum Gasteiger partial charge on any atom is 0.283 e. The van der Waals surface area contributed by atoms with Gasteiger partial charge in [0.25, 0.3) is 11.8 Å². The summed E-state index contributed by atoms with van der Waals surface area (Å²) >= 11 is 0. The number of carbonyl (C=O) groups excluding carboxylic acids is 1. The number of benzene rings is 1. The molecular weight excluding hydrogens is 488 g/mol. The first-order chi connectivity index (χ1) is 16.4. The van der Waals surface area contributed by atoms with Crippen LogP contribution in [0.4, 0.5) is 17.6 Å². The largest absolute Gasteiger partial charge is 0.368 e. The monoisotopic (exact) mass is 516 g/mol. The second kappa shape index (κ2) is 9.33. The minimum Gasteiger partial charge on any atom is -0.368 e. The molecule has 0 aromatic heterocycles. The van der Waals surface area contributed by atoms with Crippen LogP contribution in [0.5, 0.6) is 0 Å². The summed E-state index contributed by atoms with van der Waals surface area (Å²) in [5.74, 6) is -5.33. The highest BCUT2D eigenvalue weighted by Gasteiger charge is 2.59. The van der Waals surface area contributed by atoms with E-state index in [-0.39, 0.29) is 17.6 Å². The van der Waals surface area contributed by atoms with E-state index in [9.17, 15) is 17.6 Å². The number of likely N-dealkylation sites (tertiary alicyclic amines) is 1. The Morgan fingerprint density at radius 1 is 1.29 bits per heavy atom. The van der Waals surface area contributed by atoms with Crippen molar-refractivity contribution in [1.29, 1.82) is 0 Å². The Balaban J connectivity index is 1.69. The Kier molecular flexibility index (Phi) is 6.89. The first kappa shape index (κ1) is 25.8. The maximum atomic E-state index is 16.0. The molecule has 2 aliphatic heterocycles. The summed E-state index contributed by atoms with van der Waals surface area (Å²) in [6.07, 6.45) is 1.81. The van der Waals surface area contributed by atoms with Gasteiger partial charge in [0.2, 0.25) is 10.0 Å².